The first-order chi connectivity index (χ1) is 11.5. The molecule has 6 heteroatoms. The third-order valence-electron chi connectivity index (χ3n) is 4.61. The van der Waals surface area contributed by atoms with E-state index in [1.807, 2.05) is 6.92 Å². The molecule has 24 heavy (non-hydrogen) atoms. The number of halogens is 1. The highest BCUT2D eigenvalue weighted by atomic mass is 32.1. The van der Waals surface area contributed by atoms with E-state index in [1.54, 1.807) is 17.0 Å². The van der Waals surface area contributed by atoms with Crippen LogP contribution in [-0.4, -0.2) is 40.1 Å². The van der Waals surface area contributed by atoms with E-state index in [-0.39, 0.29) is 30.3 Å². The number of likely N-dealkylation sites (tertiary alicyclic amines) is 1. The largest absolute Gasteiger partial charge is 0.394 e. The van der Waals surface area contributed by atoms with Gasteiger partial charge in [-0.25, -0.2) is 9.37 Å². The standard InChI is InChI=1S/C18H21FN2O2S/c1-11-4-3-9-21(15(11)10-22)18(23)16-17(24-12(2)20-16)13-5-7-14(19)8-6-13/h5-8,11,15,22H,3-4,9-10H2,1-2H3. The zero-order valence-electron chi connectivity index (χ0n) is 13.8. The number of hydrogen-bond acceptors (Lipinski definition) is 4. The van der Waals surface area contributed by atoms with Gasteiger partial charge in [-0.2, -0.15) is 0 Å². The molecule has 128 valence electrons. The van der Waals surface area contributed by atoms with E-state index in [0.29, 0.717) is 12.2 Å². The van der Waals surface area contributed by atoms with Crippen LogP contribution in [0.3, 0.4) is 0 Å². The summed E-state index contributed by atoms with van der Waals surface area (Å²) in [5.41, 5.74) is 1.19. The van der Waals surface area contributed by atoms with Crippen LogP contribution in [0.5, 0.6) is 0 Å². The Morgan fingerprint density at radius 1 is 1.42 bits per heavy atom. The minimum Gasteiger partial charge on any atom is -0.394 e. The molecule has 1 aliphatic rings. The van der Waals surface area contributed by atoms with Crippen LogP contribution in [-0.2, 0) is 0 Å². The molecule has 1 saturated heterocycles. The van der Waals surface area contributed by atoms with E-state index in [9.17, 15) is 14.3 Å². The highest BCUT2D eigenvalue weighted by Gasteiger charge is 2.34. The minimum atomic E-state index is -0.307. The van der Waals surface area contributed by atoms with Gasteiger partial charge in [-0.05, 0) is 43.4 Å². The van der Waals surface area contributed by atoms with Crippen LogP contribution in [0.4, 0.5) is 4.39 Å². The van der Waals surface area contributed by atoms with Crippen molar-refractivity contribution >= 4 is 17.2 Å². The first-order valence-electron chi connectivity index (χ1n) is 8.16. The van der Waals surface area contributed by atoms with Crippen molar-refractivity contribution in [2.24, 2.45) is 5.92 Å². The van der Waals surface area contributed by atoms with E-state index in [2.05, 4.69) is 11.9 Å². The van der Waals surface area contributed by atoms with Gasteiger partial charge in [-0.3, -0.25) is 4.79 Å². The molecule has 2 heterocycles. The summed E-state index contributed by atoms with van der Waals surface area (Å²) in [6.07, 6.45) is 1.94. The second-order valence-electron chi connectivity index (χ2n) is 6.29. The first kappa shape index (κ1) is 17.0. The molecule has 2 atom stereocenters. The molecular weight excluding hydrogens is 327 g/mol. The number of carbonyl (C=O) groups is 1. The molecule has 1 fully saturated rings. The molecule has 3 rings (SSSR count). The molecule has 0 radical (unpaired) electrons. The summed E-state index contributed by atoms with van der Waals surface area (Å²) >= 11 is 1.43. The molecule has 1 aromatic carbocycles. The molecule has 1 N–H and O–H groups in total. The predicted molar refractivity (Wildman–Crippen MR) is 92.6 cm³/mol. The Balaban J connectivity index is 1.97. The maximum atomic E-state index is 13.2. The molecule has 2 unspecified atom stereocenters. The third-order valence-corrected chi connectivity index (χ3v) is 5.63. The highest BCUT2D eigenvalue weighted by molar-refractivity contribution is 7.15. The number of aryl methyl sites for hydroxylation is 1. The molecule has 1 amide bonds. The number of aliphatic hydroxyl groups is 1. The van der Waals surface area contributed by atoms with E-state index in [0.717, 1.165) is 28.3 Å². The number of aliphatic hydroxyl groups excluding tert-OH is 1. The monoisotopic (exact) mass is 348 g/mol. The van der Waals surface area contributed by atoms with Gasteiger partial charge < -0.3 is 10.0 Å². The predicted octanol–water partition coefficient (Wildman–Crippen LogP) is 3.49. The van der Waals surface area contributed by atoms with Gasteiger partial charge in [0.1, 0.15) is 11.5 Å². The third kappa shape index (κ3) is 3.21. The number of thiazole rings is 1. The summed E-state index contributed by atoms with van der Waals surface area (Å²) in [5, 5.41) is 10.5. The SMILES string of the molecule is Cc1nc(C(=O)N2CCCC(C)C2CO)c(-c2ccc(F)cc2)s1. The van der Waals surface area contributed by atoms with Gasteiger partial charge in [-0.1, -0.05) is 19.1 Å². The summed E-state index contributed by atoms with van der Waals surface area (Å²) in [5.74, 6) is -0.191. The average molecular weight is 348 g/mol. The quantitative estimate of drug-likeness (QED) is 0.924. The lowest BCUT2D eigenvalue weighted by molar-refractivity contribution is 0.0354. The zero-order valence-corrected chi connectivity index (χ0v) is 14.6. The van der Waals surface area contributed by atoms with Crippen LogP contribution in [0, 0.1) is 18.7 Å². The summed E-state index contributed by atoms with van der Waals surface area (Å²) in [4.78, 5) is 20.0. The Labute approximate surface area is 145 Å². The van der Waals surface area contributed by atoms with Gasteiger partial charge in [0.2, 0.25) is 0 Å². The van der Waals surface area contributed by atoms with Crippen LogP contribution in [0.25, 0.3) is 10.4 Å². The van der Waals surface area contributed by atoms with Crippen molar-refractivity contribution in [3.05, 3.63) is 40.8 Å². The number of aromatic nitrogens is 1. The number of rotatable bonds is 3. The van der Waals surface area contributed by atoms with Gasteiger partial charge in [0.05, 0.1) is 22.5 Å². The Kier molecular flexibility index (Phi) is 4.96. The van der Waals surface area contributed by atoms with E-state index >= 15 is 0 Å². The smallest absolute Gasteiger partial charge is 0.274 e. The van der Waals surface area contributed by atoms with Crippen molar-refractivity contribution in [2.45, 2.75) is 32.7 Å². The number of carbonyl (C=O) groups excluding carboxylic acids is 1. The van der Waals surface area contributed by atoms with E-state index in [4.69, 9.17) is 0 Å². The molecule has 1 aromatic heterocycles. The molecule has 0 aliphatic carbocycles. The first-order valence-corrected chi connectivity index (χ1v) is 8.98. The lowest BCUT2D eigenvalue weighted by Crippen LogP contribution is -2.49. The maximum Gasteiger partial charge on any atom is 0.274 e. The van der Waals surface area contributed by atoms with Crippen molar-refractivity contribution in [1.29, 1.82) is 0 Å². The van der Waals surface area contributed by atoms with E-state index < -0.39 is 0 Å². The molecular formula is C18H21FN2O2S. The fraction of sp³-hybridized carbons (Fsp3) is 0.444. The molecule has 4 nitrogen and oxygen atoms in total. The van der Waals surface area contributed by atoms with Crippen molar-refractivity contribution < 1.29 is 14.3 Å². The van der Waals surface area contributed by atoms with Gasteiger partial charge in [0, 0.05) is 6.54 Å². The number of benzene rings is 1. The van der Waals surface area contributed by atoms with Crippen LogP contribution in [0.1, 0.15) is 35.3 Å². The molecule has 0 bridgehead atoms. The lowest BCUT2D eigenvalue weighted by atomic mass is 9.91. The van der Waals surface area contributed by atoms with Crippen LogP contribution < -0.4 is 0 Å². The Bertz CT molecular complexity index is 729. The minimum absolute atomic E-state index is 0.0398. The Morgan fingerprint density at radius 2 is 2.12 bits per heavy atom. The Hall–Kier alpha value is -1.79. The zero-order chi connectivity index (χ0) is 17.3. The maximum absolute atomic E-state index is 13.2. The van der Waals surface area contributed by atoms with Crippen molar-refractivity contribution in [3.8, 4) is 10.4 Å². The molecule has 1 aliphatic heterocycles. The van der Waals surface area contributed by atoms with Crippen LogP contribution in [0.2, 0.25) is 0 Å². The summed E-state index contributed by atoms with van der Waals surface area (Å²) in [6, 6.07) is 5.94. The van der Waals surface area contributed by atoms with Crippen molar-refractivity contribution in [2.75, 3.05) is 13.2 Å². The van der Waals surface area contributed by atoms with Gasteiger partial charge in [0.15, 0.2) is 0 Å². The van der Waals surface area contributed by atoms with Crippen LogP contribution in [0.15, 0.2) is 24.3 Å². The van der Waals surface area contributed by atoms with Crippen molar-refractivity contribution in [1.82, 2.24) is 9.88 Å². The van der Waals surface area contributed by atoms with E-state index in [1.165, 1.54) is 23.5 Å². The van der Waals surface area contributed by atoms with Crippen molar-refractivity contribution in [3.63, 3.8) is 0 Å². The second-order valence-corrected chi connectivity index (χ2v) is 7.49. The molecule has 0 spiro atoms. The second kappa shape index (κ2) is 6.99. The highest BCUT2D eigenvalue weighted by Crippen LogP contribution is 2.33. The number of piperidine rings is 1. The fourth-order valence-corrected chi connectivity index (χ4v) is 4.20. The van der Waals surface area contributed by atoms with Crippen LogP contribution >= 0.6 is 11.3 Å². The number of nitrogens with zero attached hydrogens (tertiary/aromatic N) is 2. The van der Waals surface area contributed by atoms with Gasteiger partial charge in [-0.15, -0.1) is 11.3 Å². The summed E-state index contributed by atoms with van der Waals surface area (Å²) in [6.45, 7) is 4.51. The normalized spacial score (nSPS) is 21.1. The average Bonchev–Trinajstić information content (AvgIpc) is 2.96. The van der Waals surface area contributed by atoms with Gasteiger partial charge in [0.25, 0.3) is 5.91 Å². The topological polar surface area (TPSA) is 53.4 Å². The fourth-order valence-electron chi connectivity index (χ4n) is 3.28. The number of hydrogen-bond donors (Lipinski definition) is 1. The molecule has 2 aromatic rings. The summed E-state index contributed by atoms with van der Waals surface area (Å²) in [7, 11) is 0. The van der Waals surface area contributed by atoms with Gasteiger partial charge >= 0.3 is 0 Å². The lowest BCUT2D eigenvalue weighted by Gasteiger charge is -2.38. The summed E-state index contributed by atoms with van der Waals surface area (Å²) < 4.78 is 13.2. The molecule has 0 saturated carbocycles. The Morgan fingerprint density at radius 3 is 2.79 bits per heavy atom. The number of amides is 1.